The van der Waals surface area contributed by atoms with Crippen LogP contribution in [0, 0.1) is 6.92 Å². The van der Waals surface area contributed by atoms with E-state index in [-0.39, 0.29) is 12.4 Å². The highest BCUT2D eigenvalue weighted by molar-refractivity contribution is 7.99. The van der Waals surface area contributed by atoms with Crippen molar-refractivity contribution in [2.75, 3.05) is 23.4 Å². The van der Waals surface area contributed by atoms with E-state index in [1.807, 2.05) is 19.1 Å². The van der Waals surface area contributed by atoms with E-state index in [4.69, 9.17) is 27.2 Å². The molecule has 0 saturated heterocycles. The first-order chi connectivity index (χ1) is 10.8. The molecule has 0 aliphatic carbocycles. The summed E-state index contributed by atoms with van der Waals surface area (Å²) >= 11 is 7.43. The van der Waals surface area contributed by atoms with Crippen molar-refractivity contribution in [1.82, 2.24) is 0 Å². The van der Waals surface area contributed by atoms with Gasteiger partial charge in [-0.3, -0.25) is 4.79 Å². The van der Waals surface area contributed by atoms with Gasteiger partial charge in [-0.15, -0.1) is 0 Å². The number of aryl methyl sites for hydroxylation is 1. The smallest absolute Gasteiger partial charge is 0.328 e. The Balaban J connectivity index is 2.33. The molecule has 23 heavy (non-hydrogen) atoms. The van der Waals surface area contributed by atoms with Crippen molar-refractivity contribution in [2.24, 2.45) is 5.73 Å². The topological polar surface area (TPSA) is 102 Å². The van der Waals surface area contributed by atoms with E-state index in [1.54, 1.807) is 13.0 Å². The molecule has 0 spiro atoms. The van der Waals surface area contributed by atoms with Crippen LogP contribution in [0.1, 0.15) is 12.5 Å². The number of hydrogen-bond acceptors (Lipinski definition) is 6. The molecular formula is C15H21ClN2O4S. The zero-order valence-corrected chi connectivity index (χ0v) is 14.6. The summed E-state index contributed by atoms with van der Waals surface area (Å²) in [7, 11) is 0. The molecule has 1 unspecified atom stereocenters. The van der Waals surface area contributed by atoms with Crippen molar-refractivity contribution < 1.29 is 19.4 Å². The molecule has 0 aliphatic heterocycles. The van der Waals surface area contributed by atoms with Crippen LogP contribution in [-0.4, -0.2) is 47.2 Å². The first-order valence-electron chi connectivity index (χ1n) is 7.07. The van der Waals surface area contributed by atoms with E-state index in [0.717, 1.165) is 5.56 Å². The van der Waals surface area contributed by atoms with Crippen molar-refractivity contribution in [3.63, 3.8) is 0 Å². The molecule has 2 atom stereocenters. The maximum Gasteiger partial charge on any atom is 0.328 e. The molecule has 0 bridgehead atoms. The summed E-state index contributed by atoms with van der Waals surface area (Å²) in [5.41, 5.74) is 7.02. The molecule has 1 aromatic rings. The van der Waals surface area contributed by atoms with Gasteiger partial charge in [-0.05, 0) is 25.5 Å². The van der Waals surface area contributed by atoms with Gasteiger partial charge in [-0.1, -0.05) is 23.7 Å². The summed E-state index contributed by atoms with van der Waals surface area (Å²) in [5, 5.41) is 12.2. The Kier molecular flexibility index (Phi) is 8.22. The number of carbonyl (C=O) groups is 2. The maximum absolute atomic E-state index is 11.9. The van der Waals surface area contributed by atoms with Gasteiger partial charge in [0.15, 0.2) is 0 Å². The maximum atomic E-state index is 11.9. The summed E-state index contributed by atoms with van der Waals surface area (Å²) in [5.74, 6) is -0.667. The fraction of sp³-hybridized carbons (Fsp3) is 0.467. The van der Waals surface area contributed by atoms with Crippen LogP contribution < -0.4 is 11.1 Å². The van der Waals surface area contributed by atoms with Gasteiger partial charge in [0.2, 0.25) is 0 Å². The lowest BCUT2D eigenvalue weighted by molar-refractivity contribution is -0.143. The van der Waals surface area contributed by atoms with Crippen LogP contribution in [0.15, 0.2) is 18.2 Å². The molecule has 0 aromatic heterocycles. The monoisotopic (exact) mass is 360 g/mol. The Morgan fingerprint density at radius 1 is 1.48 bits per heavy atom. The molecule has 0 radical (unpaired) electrons. The van der Waals surface area contributed by atoms with Gasteiger partial charge < -0.3 is 20.9 Å². The van der Waals surface area contributed by atoms with Gasteiger partial charge in [0.25, 0.3) is 0 Å². The number of anilines is 1. The van der Waals surface area contributed by atoms with Crippen LogP contribution in [-0.2, 0) is 14.3 Å². The molecule has 4 N–H and O–H groups in total. The predicted octanol–water partition coefficient (Wildman–Crippen LogP) is 2.14. The second kappa shape index (κ2) is 9.64. The minimum Gasteiger partial charge on any atom is -0.480 e. The second-order valence-electron chi connectivity index (χ2n) is 4.98. The Morgan fingerprint density at radius 2 is 2.17 bits per heavy atom. The zero-order chi connectivity index (χ0) is 17.4. The van der Waals surface area contributed by atoms with Gasteiger partial charge in [0, 0.05) is 11.5 Å². The highest BCUT2D eigenvalue weighted by Crippen LogP contribution is 2.25. The number of carboxylic acid groups (broad SMARTS) is 1. The predicted molar refractivity (Wildman–Crippen MR) is 93.2 cm³/mol. The number of para-hydroxylation sites is 1. The van der Waals surface area contributed by atoms with E-state index in [2.05, 4.69) is 5.32 Å². The highest BCUT2D eigenvalue weighted by Gasteiger charge is 2.17. The van der Waals surface area contributed by atoms with E-state index >= 15 is 0 Å². The first kappa shape index (κ1) is 19.6. The summed E-state index contributed by atoms with van der Waals surface area (Å²) < 4.78 is 5.14. The van der Waals surface area contributed by atoms with Crippen LogP contribution in [0.5, 0.6) is 0 Å². The largest absolute Gasteiger partial charge is 0.480 e. The molecule has 0 aliphatic rings. The average molecular weight is 361 g/mol. The number of ether oxygens (including phenoxy) is 1. The van der Waals surface area contributed by atoms with Crippen LogP contribution >= 0.6 is 23.4 Å². The van der Waals surface area contributed by atoms with Crippen LogP contribution in [0.25, 0.3) is 0 Å². The molecule has 1 aromatic carbocycles. The lowest BCUT2D eigenvalue weighted by Crippen LogP contribution is -2.33. The van der Waals surface area contributed by atoms with Crippen LogP contribution in [0.4, 0.5) is 5.69 Å². The second-order valence-corrected chi connectivity index (χ2v) is 6.54. The number of halogens is 1. The normalized spacial score (nSPS) is 13.2. The summed E-state index contributed by atoms with van der Waals surface area (Å²) in [6.07, 6.45) is 0. The molecule has 6 nitrogen and oxygen atoms in total. The van der Waals surface area contributed by atoms with E-state index in [0.29, 0.717) is 16.5 Å². The van der Waals surface area contributed by atoms with Crippen LogP contribution in [0.2, 0.25) is 5.02 Å². The van der Waals surface area contributed by atoms with Gasteiger partial charge in [0.1, 0.15) is 18.7 Å². The third kappa shape index (κ3) is 6.68. The number of esters is 1. The lowest BCUT2D eigenvalue weighted by Gasteiger charge is -2.17. The van der Waals surface area contributed by atoms with E-state index < -0.39 is 24.0 Å². The number of benzene rings is 1. The Morgan fingerprint density at radius 3 is 2.78 bits per heavy atom. The van der Waals surface area contributed by atoms with Crippen molar-refractivity contribution in [3.8, 4) is 0 Å². The zero-order valence-electron chi connectivity index (χ0n) is 13.0. The molecule has 0 saturated carbocycles. The molecule has 8 heteroatoms. The molecule has 0 heterocycles. The Bertz CT molecular complexity index is 536. The van der Waals surface area contributed by atoms with Gasteiger partial charge in [-0.25, -0.2) is 4.79 Å². The van der Waals surface area contributed by atoms with E-state index in [1.165, 1.54) is 11.8 Å². The van der Waals surface area contributed by atoms with Crippen molar-refractivity contribution >= 4 is 41.0 Å². The minimum atomic E-state index is -1.04. The van der Waals surface area contributed by atoms with Crippen molar-refractivity contribution in [1.29, 1.82) is 0 Å². The number of nitrogens with two attached hydrogens (primary N) is 1. The Hall–Kier alpha value is -1.44. The number of carbonyl (C=O) groups excluding carboxylic acids is 1. The molecule has 1 rings (SSSR count). The number of aliphatic carboxylic acids is 1. The third-order valence-corrected chi connectivity index (χ3v) is 4.39. The quantitative estimate of drug-likeness (QED) is 0.458. The summed E-state index contributed by atoms with van der Waals surface area (Å²) in [6.45, 7) is 3.79. The fourth-order valence-electron chi connectivity index (χ4n) is 1.70. The number of carboxylic acids is 1. The minimum absolute atomic E-state index is 0.198. The van der Waals surface area contributed by atoms with E-state index in [9.17, 15) is 9.59 Å². The van der Waals surface area contributed by atoms with Crippen molar-refractivity contribution in [2.45, 2.75) is 25.9 Å². The van der Waals surface area contributed by atoms with Crippen molar-refractivity contribution in [3.05, 3.63) is 28.8 Å². The molecule has 128 valence electrons. The highest BCUT2D eigenvalue weighted by atomic mass is 35.5. The SMILES string of the molecule is Cc1cccc(Cl)c1N[C@@H](C)C(=O)OCCSCC(N)C(=O)O. The number of thioether (sulfide) groups is 1. The lowest BCUT2D eigenvalue weighted by atomic mass is 10.2. The first-order valence-corrected chi connectivity index (χ1v) is 8.60. The number of rotatable bonds is 9. The van der Waals surface area contributed by atoms with Gasteiger partial charge >= 0.3 is 11.9 Å². The van der Waals surface area contributed by atoms with Crippen LogP contribution in [0.3, 0.4) is 0 Å². The van der Waals surface area contributed by atoms with Gasteiger partial charge in [-0.2, -0.15) is 11.8 Å². The molecule has 0 amide bonds. The fourth-order valence-corrected chi connectivity index (χ4v) is 2.74. The molecular weight excluding hydrogens is 340 g/mol. The number of nitrogens with one attached hydrogen (secondary N) is 1. The summed E-state index contributed by atoms with van der Waals surface area (Å²) in [6, 6.07) is 4.04. The number of hydrogen-bond donors (Lipinski definition) is 3. The Labute approximate surface area is 144 Å². The molecule has 0 fully saturated rings. The van der Waals surface area contributed by atoms with Gasteiger partial charge in [0.05, 0.1) is 10.7 Å². The average Bonchev–Trinajstić information content (AvgIpc) is 2.49. The summed E-state index contributed by atoms with van der Waals surface area (Å²) in [4.78, 5) is 22.5. The standard InChI is InChI=1S/C15H21ClN2O4S/c1-9-4-3-5-11(16)13(9)18-10(2)15(21)22-6-7-23-8-12(17)14(19)20/h3-5,10,12,18H,6-8,17H2,1-2H3,(H,19,20)/t10-,12?/m0/s1. The third-order valence-electron chi connectivity index (χ3n) is 3.02.